The zero-order chi connectivity index (χ0) is 13.9. The van der Waals surface area contributed by atoms with Gasteiger partial charge in [-0.2, -0.15) is 4.99 Å². The molecule has 5 nitrogen and oxygen atoms in total. The molecule has 102 valence electrons. The molecule has 0 unspecified atom stereocenters. The van der Waals surface area contributed by atoms with Crippen LogP contribution in [0, 0.1) is 0 Å². The third kappa shape index (κ3) is 3.22. The molecule has 0 amide bonds. The lowest BCUT2D eigenvalue weighted by atomic mass is 10.1. The zero-order valence-corrected chi connectivity index (χ0v) is 11.6. The molecule has 2 rings (SSSR count). The van der Waals surface area contributed by atoms with Gasteiger partial charge in [0.2, 0.25) is 6.08 Å². The third-order valence-electron chi connectivity index (χ3n) is 3.21. The SMILES string of the molecule is CS(=O)(=O)c1ccc(N=C=O)cc1N1CCCCC1. The van der Waals surface area contributed by atoms with Crippen LogP contribution in [0.25, 0.3) is 0 Å². The van der Waals surface area contributed by atoms with Crippen LogP contribution in [0.15, 0.2) is 28.1 Å². The van der Waals surface area contributed by atoms with Gasteiger partial charge in [-0.25, -0.2) is 13.2 Å². The monoisotopic (exact) mass is 280 g/mol. The van der Waals surface area contributed by atoms with Crippen molar-refractivity contribution in [1.82, 2.24) is 0 Å². The maximum Gasteiger partial charge on any atom is 0.240 e. The average Bonchev–Trinajstić information content (AvgIpc) is 2.39. The van der Waals surface area contributed by atoms with Crippen molar-refractivity contribution in [2.45, 2.75) is 24.2 Å². The highest BCUT2D eigenvalue weighted by Gasteiger charge is 2.20. The van der Waals surface area contributed by atoms with E-state index in [-0.39, 0.29) is 0 Å². The second-order valence-corrected chi connectivity index (χ2v) is 6.66. The number of isocyanates is 1. The molecule has 0 radical (unpaired) electrons. The van der Waals surface area contributed by atoms with Gasteiger partial charge in [-0.3, -0.25) is 0 Å². The molecule has 1 saturated heterocycles. The summed E-state index contributed by atoms with van der Waals surface area (Å²) in [5, 5.41) is 0. The lowest BCUT2D eigenvalue weighted by molar-refractivity contribution is 0.565. The van der Waals surface area contributed by atoms with Gasteiger partial charge >= 0.3 is 0 Å². The van der Waals surface area contributed by atoms with Crippen LogP contribution in [-0.2, 0) is 14.6 Å². The standard InChI is InChI=1S/C13H16N2O3S/c1-19(17,18)13-6-5-11(14-10-16)9-12(13)15-7-3-2-4-8-15/h5-6,9H,2-4,7-8H2,1H3. The van der Waals surface area contributed by atoms with Crippen LogP contribution in [0.2, 0.25) is 0 Å². The molecule has 0 aromatic heterocycles. The largest absolute Gasteiger partial charge is 0.370 e. The van der Waals surface area contributed by atoms with E-state index >= 15 is 0 Å². The quantitative estimate of drug-likeness (QED) is 0.628. The van der Waals surface area contributed by atoms with Crippen molar-refractivity contribution in [3.8, 4) is 0 Å². The third-order valence-corrected chi connectivity index (χ3v) is 4.36. The predicted molar refractivity (Wildman–Crippen MR) is 73.4 cm³/mol. The summed E-state index contributed by atoms with van der Waals surface area (Å²) in [5.41, 5.74) is 1.07. The fourth-order valence-electron chi connectivity index (χ4n) is 2.32. The second kappa shape index (κ2) is 5.55. The van der Waals surface area contributed by atoms with Crippen LogP contribution in [0.1, 0.15) is 19.3 Å². The number of hydrogen-bond donors (Lipinski definition) is 0. The number of aliphatic imine (C=N–C) groups is 1. The number of piperidine rings is 1. The lowest BCUT2D eigenvalue weighted by Gasteiger charge is -2.30. The lowest BCUT2D eigenvalue weighted by Crippen LogP contribution is -2.30. The molecule has 1 aliphatic heterocycles. The molecule has 1 aliphatic rings. The van der Waals surface area contributed by atoms with E-state index in [4.69, 9.17) is 0 Å². The molecule has 19 heavy (non-hydrogen) atoms. The average molecular weight is 280 g/mol. The molecule has 0 atom stereocenters. The van der Waals surface area contributed by atoms with Crippen LogP contribution in [0.3, 0.4) is 0 Å². The van der Waals surface area contributed by atoms with Crippen molar-refractivity contribution in [1.29, 1.82) is 0 Å². The van der Waals surface area contributed by atoms with E-state index in [1.807, 2.05) is 4.90 Å². The maximum atomic E-state index is 11.8. The Hall–Kier alpha value is -1.65. The van der Waals surface area contributed by atoms with Crippen molar-refractivity contribution in [2.24, 2.45) is 4.99 Å². The Labute approximate surface area is 112 Å². The number of rotatable bonds is 3. The van der Waals surface area contributed by atoms with Gasteiger partial charge in [0.15, 0.2) is 9.84 Å². The van der Waals surface area contributed by atoms with Crippen molar-refractivity contribution in [3.63, 3.8) is 0 Å². The van der Waals surface area contributed by atoms with Gasteiger partial charge in [-0.1, -0.05) is 0 Å². The summed E-state index contributed by atoms with van der Waals surface area (Å²) in [5.74, 6) is 0. The topological polar surface area (TPSA) is 66.8 Å². The molecule has 0 saturated carbocycles. The molecular formula is C13H16N2O3S. The zero-order valence-electron chi connectivity index (χ0n) is 10.8. The Morgan fingerprint density at radius 3 is 2.47 bits per heavy atom. The van der Waals surface area contributed by atoms with Crippen molar-refractivity contribution in [3.05, 3.63) is 18.2 Å². The summed E-state index contributed by atoms with van der Waals surface area (Å²) in [7, 11) is -3.30. The minimum atomic E-state index is -3.30. The smallest absolute Gasteiger partial charge is 0.240 e. The molecule has 6 heteroatoms. The van der Waals surface area contributed by atoms with Gasteiger partial charge < -0.3 is 4.90 Å². The van der Waals surface area contributed by atoms with E-state index in [9.17, 15) is 13.2 Å². The Balaban J connectivity index is 2.52. The molecule has 0 aliphatic carbocycles. The summed E-state index contributed by atoms with van der Waals surface area (Å²) >= 11 is 0. The van der Waals surface area contributed by atoms with E-state index in [1.54, 1.807) is 6.07 Å². The Kier molecular flexibility index (Phi) is 4.02. The van der Waals surface area contributed by atoms with Crippen LogP contribution in [0.4, 0.5) is 11.4 Å². The predicted octanol–water partition coefficient (Wildman–Crippen LogP) is 2.05. The van der Waals surface area contributed by atoms with E-state index in [0.29, 0.717) is 16.3 Å². The Bertz CT molecular complexity index is 613. The number of sulfone groups is 1. The van der Waals surface area contributed by atoms with Crippen LogP contribution >= 0.6 is 0 Å². The van der Waals surface area contributed by atoms with Gasteiger partial charge in [0, 0.05) is 19.3 Å². The van der Waals surface area contributed by atoms with Gasteiger partial charge in [-0.15, -0.1) is 0 Å². The van der Waals surface area contributed by atoms with Gasteiger partial charge in [0.1, 0.15) is 0 Å². The van der Waals surface area contributed by atoms with E-state index in [1.165, 1.54) is 24.5 Å². The molecule has 0 spiro atoms. The summed E-state index contributed by atoms with van der Waals surface area (Å²) in [4.78, 5) is 16.2. The molecule has 1 heterocycles. The molecule has 1 aromatic carbocycles. The fraction of sp³-hybridized carbons (Fsp3) is 0.462. The van der Waals surface area contributed by atoms with E-state index in [2.05, 4.69) is 4.99 Å². The Morgan fingerprint density at radius 2 is 1.89 bits per heavy atom. The molecule has 1 aromatic rings. The molecule has 0 N–H and O–H groups in total. The number of anilines is 1. The summed E-state index contributed by atoms with van der Waals surface area (Å²) in [6.45, 7) is 1.66. The van der Waals surface area contributed by atoms with Gasteiger partial charge in [0.05, 0.1) is 16.3 Å². The first-order valence-corrected chi connectivity index (χ1v) is 8.08. The highest BCUT2D eigenvalue weighted by Crippen LogP contribution is 2.31. The Morgan fingerprint density at radius 1 is 1.21 bits per heavy atom. The first-order chi connectivity index (χ1) is 9.02. The highest BCUT2D eigenvalue weighted by atomic mass is 32.2. The number of hydrogen-bond acceptors (Lipinski definition) is 5. The van der Waals surface area contributed by atoms with E-state index in [0.717, 1.165) is 32.4 Å². The summed E-state index contributed by atoms with van der Waals surface area (Å²) in [6, 6.07) is 4.68. The van der Waals surface area contributed by atoms with Crippen LogP contribution in [-0.4, -0.2) is 33.8 Å². The molecule has 1 fully saturated rings. The summed E-state index contributed by atoms with van der Waals surface area (Å²) < 4.78 is 23.7. The van der Waals surface area contributed by atoms with Crippen molar-refractivity contribution in [2.75, 3.05) is 24.2 Å². The van der Waals surface area contributed by atoms with Crippen LogP contribution in [0.5, 0.6) is 0 Å². The number of benzene rings is 1. The highest BCUT2D eigenvalue weighted by molar-refractivity contribution is 7.90. The van der Waals surface area contributed by atoms with Crippen LogP contribution < -0.4 is 4.90 Å². The first kappa shape index (κ1) is 13.8. The van der Waals surface area contributed by atoms with Gasteiger partial charge in [0.25, 0.3) is 0 Å². The van der Waals surface area contributed by atoms with Crippen molar-refractivity contribution >= 4 is 27.3 Å². The number of carbonyl (C=O) groups excluding carboxylic acids is 1. The molecular weight excluding hydrogens is 264 g/mol. The summed E-state index contributed by atoms with van der Waals surface area (Å²) in [6.07, 6.45) is 5.93. The minimum absolute atomic E-state index is 0.291. The first-order valence-electron chi connectivity index (χ1n) is 6.19. The molecule has 0 bridgehead atoms. The second-order valence-electron chi connectivity index (χ2n) is 4.67. The van der Waals surface area contributed by atoms with Crippen molar-refractivity contribution < 1.29 is 13.2 Å². The normalized spacial score (nSPS) is 15.9. The van der Waals surface area contributed by atoms with Gasteiger partial charge in [-0.05, 0) is 37.5 Å². The minimum Gasteiger partial charge on any atom is -0.370 e. The van der Waals surface area contributed by atoms with E-state index < -0.39 is 9.84 Å². The fourth-order valence-corrected chi connectivity index (χ4v) is 3.21. The maximum absolute atomic E-state index is 11.8. The number of nitrogens with zero attached hydrogens (tertiary/aromatic N) is 2.